The summed E-state index contributed by atoms with van der Waals surface area (Å²) in [5.41, 5.74) is 9.41. The average Bonchev–Trinajstić information content (AvgIpc) is 2.80. The number of aryl methyl sites for hydroxylation is 1. The number of hydrogen-bond acceptors (Lipinski definition) is 3. The number of carbonyl (C=O) groups excluding carboxylic acids is 1. The van der Waals surface area contributed by atoms with E-state index in [0.717, 1.165) is 23.2 Å². The van der Waals surface area contributed by atoms with Crippen LogP contribution in [-0.2, 0) is 13.5 Å². The van der Waals surface area contributed by atoms with Crippen LogP contribution in [0.1, 0.15) is 40.1 Å². The highest BCUT2D eigenvalue weighted by Crippen LogP contribution is 2.16. The van der Waals surface area contributed by atoms with E-state index in [9.17, 15) is 4.79 Å². The number of amides is 1. The third-order valence-corrected chi connectivity index (χ3v) is 3.74. The number of benzene rings is 1. The standard InChI is InChI=1S/C16H22N4O/c1-11(15-10-18-20(3)12(15)2)19-16(21)14-6-4-13(5-7-14)8-9-17/h4-7,10-11H,8-9,17H2,1-3H3,(H,19,21). The van der Waals surface area contributed by atoms with Gasteiger partial charge in [-0.25, -0.2) is 0 Å². The molecule has 1 unspecified atom stereocenters. The first-order valence-corrected chi connectivity index (χ1v) is 7.11. The lowest BCUT2D eigenvalue weighted by atomic mass is 10.1. The fourth-order valence-electron chi connectivity index (χ4n) is 2.29. The van der Waals surface area contributed by atoms with Gasteiger partial charge in [-0.1, -0.05) is 12.1 Å². The lowest BCUT2D eigenvalue weighted by Crippen LogP contribution is -2.26. The fraction of sp³-hybridized carbons (Fsp3) is 0.375. The van der Waals surface area contributed by atoms with Crippen LogP contribution in [0.25, 0.3) is 0 Å². The first kappa shape index (κ1) is 15.3. The molecule has 0 radical (unpaired) electrons. The van der Waals surface area contributed by atoms with Crippen LogP contribution in [0, 0.1) is 6.92 Å². The second-order valence-electron chi connectivity index (χ2n) is 5.24. The number of carbonyl (C=O) groups is 1. The molecule has 112 valence electrons. The van der Waals surface area contributed by atoms with Gasteiger partial charge in [0.2, 0.25) is 0 Å². The van der Waals surface area contributed by atoms with Crippen molar-refractivity contribution < 1.29 is 4.79 Å². The van der Waals surface area contributed by atoms with Gasteiger partial charge >= 0.3 is 0 Å². The van der Waals surface area contributed by atoms with Gasteiger partial charge in [0.15, 0.2) is 0 Å². The second-order valence-corrected chi connectivity index (χ2v) is 5.24. The lowest BCUT2D eigenvalue weighted by Gasteiger charge is -2.14. The van der Waals surface area contributed by atoms with Gasteiger partial charge in [0.05, 0.1) is 12.2 Å². The molecule has 21 heavy (non-hydrogen) atoms. The molecule has 1 heterocycles. The summed E-state index contributed by atoms with van der Waals surface area (Å²) in [6.45, 7) is 4.57. The smallest absolute Gasteiger partial charge is 0.251 e. The predicted molar refractivity (Wildman–Crippen MR) is 83.0 cm³/mol. The largest absolute Gasteiger partial charge is 0.345 e. The van der Waals surface area contributed by atoms with Gasteiger partial charge in [-0.05, 0) is 44.5 Å². The van der Waals surface area contributed by atoms with Crippen molar-refractivity contribution in [1.29, 1.82) is 0 Å². The first-order chi connectivity index (χ1) is 10.0. The minimum Gasteiger partial charge on any atom is -0.345 e. The Kier molecular flexibility index (Phi) is 4.75. The molecule has 0 bridgehead atoms. The van der Waals surface area contributed by atoms with Crippen molar-refractivity contribution >= 4 is 5.91 Å². The molecular weight excluding hydrogens is 264 g/mol. The molecule has 1 atom stereocenters. The molecule has 0 spiro atoms. The Labute approximate surface area is 125 Å². The third-order valence-electron chi connectivity index (χ3n) is 3.74. The maximum Gasteiger partial charge on any atom is 0.251 e. The Balaban J connectivity index is 2.05. The van der Waals surface area contributed by atoms with Crippen molar-refractivity contribution in [1.82, 2.24) is 15.1 Å². The van der Waals surface area contributed by atoms with E-state index in [1.807, 2.05) is 45.2 Å². The Hall–Kier alpha value is -2.14. The predicted octanol–water partition coefficient (Wildman–Crippen LogP) is 1.72. The van der Waals surface area contributed by atoms with Crippen LogP contribution in [0.5, 0.6) is 0 Å². The molecule has 3 N–H and O–H groups in total. The molecular formula is C16H22N4O. The summed E-state index contributed by atoms with van der Waals surface area (Å²) < 4.78 is 1.81. The molecule has 0 aliphatic heterocycles. The summed E-state index contributed by atoms with van der Waals surface area (Å²) in [6, 6.07) is 7.49. The van der Waals surface area contributed by atoms with Crippen LogP contribution < -0.4 is 11.1 Å². The molecule has 1 aromatic carbocycles. The summed E-state index contributed by atoms with van der Waals surface area (Å²) in [5, 5.41) is 7.20. The number of hydrogen-bond donors (Lipinski definition) is 2. The molecule has 2 rings (SSSR count). The zero-order valence-electron chi connectivity index (χ0n) is 12.8. The minimum absolute atomic E-state index is 0.0741. The van der Waals surface area contributed by atoms with Gasteiger partial charge in [-0.3, -0.25) is 9.48 Å². The van der Waals surface area contributed by atoms with Gasteiger partial charge in [0, 0.05) is 23.9 Å². The zero-order valence-corrected chi connectivity index (χ0v) is 12.8. The van der Waals surface area contributed by atoms with E-state index >= 15 is 0 Å². The van der Waals surface area contributed by atoms with Gasteiger partial charge in [-0.15, -0.1) is 0 Å². The van der Waals surface area contributed by atoms with E-state index in [0.29, 0.717) is 12.1 Å². The van der Waals surface area contributed by atoms with Gasteiger partial charge < -0.3 is 11.1 Å². The van der Waals surface area contributed by atoms with Crippen LogP contribution in [0.15, 0.2) is 30.5 Å². The van der Waals surface area contributed by atoms with Crippen LogP contribution in [0.4, 0.5) is 0 Å². The fourth-order valence-corrected chi connectivity index (χ4v) is 2.29. The van der Waals surface area contributed by atoms with Crippen molar-refractivity contribution in [3.8, 4) is 0 Å². The van der Waals surface area contributed by atoms with E-state index in [2.05, 4.69) is 10.4 Å². The zero-order chi connectivity index (χ0) is 15.4. The first-order valence-electron chi connectivity index (χ1n) is 7.11. The molecule has 1 aromatic heterocycles. The van der Waals surface area contributed by atoms with Gasteiger partial charge in [-0.2, -0.15) is 5.10 Å². The Morgan fingerprint density at radius 1 is 1.38 bits per heavy atom. The molecule has 5 nitrogen and oxygen atoms in total. The molecule has 2 aromatic rings. The number of nitrogens with one attached hydrogen (secondary N) is 1. The lowest BCUT2D eigenvalue weighted by molar-refractivity contribution is 0.0940. The van der Waals surface area contributed by atoms with Crippen LogP contribution in [0.3, 0.4) is 0 Å². The van der Waals surface area contributed by atoms with Crippen molar-refractivity contribution in [2.45, 2.75) is 26.3 Å². The maximum absolute atomic E-state index is 12.3. The Morgan fingerprint density at radius 2 is 2.05 bits per heavy atom. The molecule has 5 heteroatoms. The quantitative estimate of drug-likeness (QED) is 0.879. The van der Waals surface area contributed by atoms with E-state index in [1.54, 1.807) is 10.9 Å². The SMILES string of the molecule is Cc1c(C(C)NC(=O)c2ccc(CCN)cc2)cnn1C. The molecule has 0 aliphatic carbocycles. The molecule has 0 saturated heterocycles. The van der Waals surface area contributed by atoms with E-state index in [-0.39, 0.29) is 11.9 Å². The van der Waals surface area contributed by atoms with Crippen LogP contribution in [0.2, 0.25) is 0 Å². The van der Waals surface area contributed by atoms with Crippen molar-refractivity contribution in [2.24, 2.45) is 12.8 Å². The summed E-state index contributed by atoms with van der Waals surface area (Å²) >= 11 is 0. The van der Waals surface area contributed by atoms with Crippen LogP contribution in [-0.4, -0.2) is 22.2 Å². The molecule has 0 aliphatic rings. The Bertz CT molecular complexity index is 616. The van der Waals surface area contributed by atoms with E-state index in [4.69, 9.17) is 5.73 Å². The van der Waals surface area contributed by atoms with Crippen LogP contribution >= 0.6 is 0 Å². The number of rotatable bonds is 5. The normalized spacial score (nSPS) is 12.2. The third kappa shape index (κ3) is 3.49. The summed E-state index contributed by atoms with van der Waals surface area (Å²) in [7, 11) is 1.89. The number of nitrogens with two attached hydrogens (primary N) is 1. The average molecular weight is 286 g/mol. The number of aromatic nitrogens is 2. The van der Waals surface area contributed by atoms with E-state index in [1.165, 1.54) is 0 Å². The van der Waals surface area contributed by atoms with Crippen molar-refractivity contribution in [2.75, 3.05) is 6.54 Å². The highest BCUT2D eigenvalue weighted by Gasteiger charge is 2.15. The topological polar surface area (TPSA) is 72.9 Å². The summed E-state index contributed by atoms with van der Waals surface area (Å²) in [4.78, 5) is 12.3. The molecule has 1 amide bonds. The second kappa shape index (κ2) is 6.54. The minimum atomic E-state index is -0.0787. The maximum atomic E-state index is 12.3. The monoisotopic (exact) mass is 286 g/mol. The number of nitrogens with zero attached hydrogens (tertiary/aromatic N) is 2. The Morgan fingerprint density at radius 3 is 2.57 bits per heavy atom. The summed E-state index contributed by atoms with van der Waals surface area (Å²) in [6.07, 6.45) is 2.62. The highest BCUT2D eigenvalue weighted by molar-refractivity contribution is 5.94. The van der Waals surface area contributed by atoms with Gasteiger partial charge in [0.25, 0.3) is 5.91 Å². The molecule has 0 saturated carbocycles. The van der Waals surface area contributed by atoms with Crippen molar-refractivity contribution in [3.63, 3.8) is 0 Å². The van der Waals surface area contributed by atoms with Crippen molar-refractivity contribution in [3.05, 3.63) is 52.8 Å². The summed E-state index contributed by atoms with van der Waals surface area (Å²) in [5.74, 6) is -0.0787. The van der Waals surface area contributed by atoms with Gasteiger partial charge in [0.1, 0.15) is 0 Å². The highest BCUT2D eigenvalue weighted by atomic mass is 16.1. The molecule has 0 fully saturated rings. The van der Waals surface area contributed by atoms with E-state index < -0.39 is 0 Å².